The molecule has 0 fully saturated rings. The quantitative estimate of drug-likeness (QED) is 0.514. The smallest absolute Gasteiger partial charge is 0.339 e. The first kappa shape index (κ1) is 16.9. The van der Waals surface area contributed by atoms with Crippen LogP contribution < -0.4 is 5.32 Å². The van der Waals surface area contributed by atoms with Crippen LogP contribution in [0.4, 0.5) is 11.4 Å². The fraction of sp³-hybridized carbons (Fsp3) is 0.176. The van der Waals surface area contributed by atoms with Gasteiger partial charge in [0, 0.05) is 17.5 Å². The lowest BCUT2D eigenvalue weighted by Crippen LogP contribution is -2.38. The van der Waals surface area contributed by atoms with E-state index in [0.29, 0.717) is 11.1 Å². The molecule has 2 aromatic carbocycles. The molecule has 1 heterocycles. The minimum atomic E-state index is -1.06. The third kappa shape index (κ3) is 3.46. The molecule has 0 spiro atoms. The molecule has 2 aromatic rings. The maximum atomic E-state index is 12.4. The Kier molecular flexibility index (Phi) is 4.41. The van der Waals surface area contributed by atoms with Gasteiger partial charge in [-0.3, -0.25) is 14.9 Å². The van der Waals surface area contributed by atoms with Crippen LogP contribution in [0.2, 0.25) is 5.02 Å². The molecule has 0 aliphatic carbocycles. The molecule has 128 valence electrons. The number of nitro benzene ring substituents is 1. The highest BCUT2D eigenvalue weighted by Gasteiger charge is 2.32. The molecule has 0 radical (unpaired) electrons. The summed E-state index contributed by atoms with van der Waals surface area (Å²) in [6, 6.07) is 9.17. The van der Waals surface area contributed by atoms with Gasteiger partial charge in [-0.2, -0.15) is 0 Å². The Balaban J connectivity index is 1.83. The van der Waals surface area contributed by atoms with Crippen LogP contribution in [0.5, 0.6) is 0 Å². The number of fused-ring (bicyclic) bond motifs is 1. The normalized spacial score (nSPS) is 15.9. The Morgan fingerprint density at radius 1 is 1.32 bits per heavy atom. The lowest BCUT2D eigenvalue weighted by atomic mass is 9.96. The van der Waals surface area contributed by atoms with E-state index in [1.54, 1.807) is 12.1 Å². The average Bonchev–Trinajstić information content (AvgIpc) is 2.55. The lowest BCUT2D eigenvalue weighted by Gasteiger charge is -2.24. The first-order valence-corrected chi connectivity index (χ1v) is 7.78. The van der Waals surface area contributed by atoms with Crippen molar-refractivity contribution >= 4 is 34.9 Å². The van der Waals surface area contributed by atoms with Crippen molar-refractivity contribution in [1.29, 1.82) is 0 Å². The number of ether oxygens (including phenoxy) is 1. The van der Waals surface area contributed by atoms with E-state index in [2.05, 4.69) is 5.32 Å². The first-order valence-electron chi connectivity index (χ1n) is 7.40. The van der Waals surface area contributed by atoms with Crippen molar-refractivity contribution in [2.75, 3.05) is 5.32 Å². The molecule has 1 amide bonds. The number of carbonyl (C=O) groups is 2. The Hall–Kier alpha value is -2.93. The van der Waals surface area contributed by atoms with Crippen LogP contribution >= 0.6 is 11.6 Å². The fourth-order valence-electron chi connectivity index (χ4n) is 2.65. The van der Waals surface area contributed by atoms with Crippen molar-refractivity contribution in [3.05, 3.63) is 68.2 Å². The van der Waals surface area contributed by atoms with Crippen molar-refractivity contribution in [3.63, 3.8) is 0 Å². The number of amides is 1. The second kappa shape index (κ2) is 6.52. The molecule has 1 unspecified atom stereocenters. The summed E-state index contributed by atoms with van der Waals surface area (Å²) >= 11 is 5.75. The second-order valence-electron chi connectivity index (χ2n) is 5.67. The molecule has 0 saturated heterocycles. The van der Waals surface area contributed by atoms with Crippen molar-refractivity contribution in [1.82, 2.24) is 0 Å². The minimum Gasteiger partial charge on any atom is -0.448 e. The van der Waals surface area contributed by atoms with Crippen molar-refractivity contribution in [2.24, 2.45) is 0 Å². The summed E-state index contributed by atoms with van der Waals surface area (Å²) in [6.07, 6.45) is -0.854. The Morgan fingerprint density at radius 3 is 2.80 bits per heavy atom. The number of rotatable bonds is 3. The standard InChI is InChI=1S/C17H13ClN2O5/c1-9-2-4-12-10(6-9)7-15(25-17(12)22)16(21)19-13-5-3-11(18)8-14(13)20(23)24/h2-6,8,15H,7H2,1H3,(H,19,21). The summed E-state index contributed by atoms with van der Waals surface area (Å²) in [5, 5.41) is 13.7. The summed E-state index contributed by atoms with van der Waals surface area (Å²) in [5.74, 6) is -1.22. The number of cyclic esters (lactones) is 1. The predicted octanol–water partition coefficient (Wildman–Crippen LogP) is 3.28. The minimum absolute atomic E-state index is 0.00881. The van der Waals surface area contributed by atoms with Gasteiger partial charge in [0.15, 0.2) is 6.10 Å². The van der Waals surface area contributed by atoms with Crippen LogP contribution in [0.3, 0.4) is 0 Å². The summed E-state index contributed by atoms with van der Waals surface area (Å²) in [4.78, 5) is 34.9. The molecular formula is C17H13ClN2O5. The summed E-state index contributed by atoms with van der Waals surface area (Å²) in [7, 11) is 0. The van der Waals surface area contributed by atoms with Gasteiger partial charge < -0.3 is 10.1 Å². The molecule has 0 bridgehead atoms. The zero-order chi connectivity index (χ0) is 18.1. The molecule has 1 atom stereocenters. The molecule has 0 saturated carbocycles. The van der Waals surface area contributed by atoms with E-state index in [4.69, 9.17) is 16.3 Å². The number of anilines is 1. The fourth-order valence-corrected chi connectivity index (χ4v) is 2.81. The van der Waals surface area contributed by atoms with Crippen molar-refractivity contribution in [2.45, 2.75) is 19.4 Å². The lowest BCUT2D eigenvalue weighted by molar-refractivity contribution is -0.383. The van der Waals surface area contributed by atoms with Crippen LogP contribution in [0.15, 0.2) is 36.4 Å². The van der Waals surface area contributed by atoms with Gasteiger partial charge in [-0.25, -0.2) is 4.79 Å². The summed E-state index contributed by atoms with van der Waals surface area (Å²) < 4.78 is 5.16. The first-order chi connectivity index (χ1) is 11.8. The second-order valence-corrected chi connectivity index (χ2v) is 6.10. The van der Waals surface area contributed by atoms with Gasteiger partial charge in [0.25, 0.3) is 11.6 Å². The third-order valence-electron chi connectivity index (χ3n) is 3.84. The van der Waals surface area contributed by atoms with E-state index >= 15 is 0 Å². The molecule has 7 nitrogen and oxygen atoms in total. The number of nitro groups is 1. The highest BCUT2D eigenvalue weighted by molar-refractivity contribution is 6.31. The van der Waals surface area contributed by atoms with Gasteiger partial charge in [0.05, 0.1) is 10.5 Å². The number of hydrogen-bond acceptors (Lipinski definition) is 5. The zero-order valence-corrected chi connectivity index (χ0v) is 13.9. The molecule has 3 rings (SSSR count). The Labute approximate surface area is 147 Å². The molecule has 8 heteroatoms. The maximum Gasteiger partial charge on any atom is 0.339 e. The number of halogens is 1. The third-order valence-corrected chi connectivity index (χ3v) is 4.08. The Morgan fingerprint density at radius 2 is 2.08 bits per heavy atom. The highest BCUT2D eigenvalue weighted by atomic mass is 35.5. The predicted molar refractivity (Wildman–Crippen MR) is 90.8 cm³/mol. The van der Waals surface area contributed by atoms with E-state index < -0.39 is 22.9 Å². The molecule has 1 N–H and O–H groups in total. The number of nitrogens with one attached hydrogen (secondary N) is 1. The van der Waals surface area contributed by atoms with Crippen LogP contribution in [0.1, 0.15) is 21.5 Å². The molecule has 1 aliphatic heterocycles. The number of esters is 1. The summed E-state index contributed by atoms with van der Waals surface area (Å²) in [5.41, 5.74) is 1.75. The molecule has 0 aromatic heterocycles. The van der Waals surface area contributed by atoms with Crippen LogP contribution in [-0.2, 0) is 16.0 Å². The van der Waals surface area contributed by atoms with E-state index in [-0.39, 0.29) is 22.8 Å². The van der Waals surface area contributed by atoms with Crippen LogP contribution in [0.25, 0.3) is 0 Å². The van der Waals surface area contributed by atoms with Gasteiger partial charge >= 0.3 is 5.97 Å². The van der Waals surface area contributed by atoms with Crippen molar-refractivity contribution < 1.29 is 19.2 Å². The maximum absolute atomic E-state index is 12.4. The monoisotopic (exact) mass is 360 g/mol. The highest BCUT2D eigenvalue weighted by Crippen LogP contribution is 2.29. The van der Waals surface area contributed by atoms with Crippen molar-refractivity contribution in [3.8, 4) is 0 Å². The largest absolute Gasteiger partial charge is 0.448 e. The zero-order valence-electron chi connectivity index (χ0n) is 13.1. The average molecular weight is 361 g/mol. The molecule has 25 heavy (non-hydrogen) atoms. The van der Waals surface area contributed by atoms with Gasteiger partial charge in [-0.1, -0.05) is 29.3 Å². The van der Waals surface area contributed by atoms with E-state index in [0.717, 1.165) is 11.6 Å². The van der Waals surface area contributed by atoms with Gasteiger partial charge in [-0.05, 0) is 30.7 Å². The molecular weight excluding hydrogens is 348 g/mol. The number of aryl methyl sites for hydroxylation is 1. The topological polar surface area (TPSA) is 98.5 Å². The number of benzene rings is 2. The van der Waals surface area contributed by atoms with E-state index in [1.165, 1.54) is 12.1 Å². The van der Waals surface area contributed by atoms with Crippen LogP contribution in [-0.4, -0.2) is 22.9 Å². The number of hydrogen-bond donors (Lipinski definition) is 1. The van der Waals surface area contributed by atoms with Crippen LogP contribution in [0, 0.1) is 17.0 Å². The number of nitrogens with zero attached hydrogens (tertiary/aromatic N) is 1. The Bertz CT molecular complexity index is 897. The van der Waals surface area contributed by atoms with E-state index in [9.17, 15) is 19.7 Å². The SMILES string of the molecule is Cc1ccc2c(c1)CC(C(=O)Nc1ccc(Cl)cc1[N+](=O)[O-])OC2=O. The van der Waals surface area contributed by atoms with Gasteiger partial charge in [0.1, 0.15) is 5.69 Å². The number of carbonyl (C=O) groups excluding carboxylic acids is 2. The molecule has 1 aliphatic rings. The summed E-state index contributed by atoms with van der Waals surface area (Å²) in [6.45, 7) is 1.88. The van der Waals surface area contributed by atoms with Gasteiger partial charge in [-0.15, -0.1) is 0 Å². The van der Waals surface area contributed by atoms with E-state index in [1.807, 2.05) is 13.0 Å². The van der Waals surface area contributed by atoms with Gasteiger partial charge in [0.2, 0.25) is 0 Å².